The predicted molar refractivity (Wildman–Crippen MR) is 146 cm³/mol. The number of hydrogen-bond donors (Lipinski definition) is 1. The van der Waals surface area contributed by atoms with Crippen molar-refractivity contribution in [3.8, 4) is 0 Å². The molecule has 0 saturated heterocycles. The van der Waals surface area contributed by atoms with E-state index in [0.717, 1.165) is 48.5 Å². The van der Waals surface area contributed by atoms with Gasteiger partial charge in [-0.05, 0) is 86.2 Å². The van der Waals surface area contributed by atoms with Crippen LogP contribution in [0.25, 0.3) is 10.8 Å². The van der Waals surface area contributed by atoms with E-state index in [2.05, 4.69) is 66.8 Å². The van der Waals surface area contributed by atoms with Gasteiger partial charge in [-0.1, -0.05) is 42.5 Å². The molecule has 1 saturated carbocycles. The number of carbonyl (C=O) groups is 1. The maximum absolute atomic E-state index is 14.0. The van der Waals surface area contributed by atoms with Crippen LogP contribution in [0.2, 0.25) is 0 Å². The Morgan fingerprint density at radius 1 is 1.14 bits per heavy atom. The van der Waals surface area contributed by atoms with Gasteiger partial charge >= 0.3 is 5.97 Å². The van der Waals surface area contributed by atoms with Gasteiger partial charge in [0, 0.05) is 17.9 Å². The lowest BCUT2D eigenvalue weighted by atomic mass is 9.91. The molecule has 36 heavy (non-hydrogen) atoms. The van der Waals surface area contributed by atoms with Crippen LogP contribution in [-0.4, -0.2) is 55.5 Å². The fourth-order valence-electron chi connectivity index (χ4n) is 5.31. The monoisotopic (exact) mass is 505 g/mol. The number of nitrogens with one attached hydrogen (secondary N) is 1. The zero-order chi connectivity index (χ0) is 25.2. The van der Waals surface area contributed by atoms with Gasteiger partial charge in [0.1, 0.15) is 6.04 Å². The summed E-state index contributed by atoms with van der Waals surface area (Å²) < 4.78 is 6.82. The summed E-state index contributed by atoms with van der Waals surface area (Å²) in [5.74, 6) is 0.666. The number of aromatic nitrogens is 1. The third-order valence-electron chi connectivity index (χ3n) is 7.27. The predicted octanol–water partition coefficient (Wildman–Crippen LogP) is 4.33. The molecule has 1 aliphatic heterocycles. The highest BCUT2D eigenvalue weighted by Gasteiger charge is 2.39. The zero-order valence-corrected chi connectivity index (χ0v) is 22.2. The van der Waals surface area contributed by atoms with E-state index in [4.69, 9.17) is 4.74 Å². The number of thioether (sulfide) groups is 1. The summed E-state index contributed by atoms with van der Waals surface area (Å²) in [7, 11) is 5.54. The van der Waals surface area contributed by atoms with Crippen LogP contribution in [0.5, 0.6) is 0 Å². The summed E-state index contributed by atoms with van der Waals surface area (Å²) in [6.45, 7) is 2.33. The second kappa shape index (κ2) is 10.8. The molecule has 2 heterocycles. The molecule has 0 unspecified atom stereocenters. The number of ether oxygens (including phenoxy) is 1. The molecule has 5 rings (SSSR count). The second-order valence-corrected chi connectivity index (χ2v) is 11.1. The first-order chi connectivity index (χ1) is 17.5. The van der Waals surface area contributed by atoms with E-state index < -0.39 is 6.04 Å². The van der Waals surface area contributed by atoms with Gasteiger partial charge in [-0.3, -0.25) is 9.36 Å². The number of pyridine rings is 1. The minimum atomic E-state index is -0.556. The Morgan fingerprint density at radius 3 is 2.67 bits per heavy atom. The fourth-order valence-corrected chi connectivity index (χ4v) is 6.70. The molecule has 0 radical (unpaired) electrons. The van der Waals surface area contributed by atoms with Crippen LogP contribution in [0, 0.1) is 0 Å². The topological polar surface area (TPSA) is 63.6 Å². The number of methoxy groups -OCH3 is 1. The Balaban J connectivity index is 1.61. The summed E-state index contributed by atoms with van der Waals surface area (Å²) in [6, 6.07) is 14.3. The average molecular weight is 506 g/mol. The summed E-state index contributed by atoms with van der Waals surface area (Å²) >= 11 is 1.64. The third kappa shape index (κ3) is 4.97. The SMILES string of the molecule is COC(=O)[C@@H]1CSc2c(C3CC3)c(Cc3cccc4ccccc34)c(CNCCCN(C)C)c(=O)n21. The minimum Gasteiger partial charge on any atom is -0.467 e. The highest BCUT2D eigenvalue weighted by atomic mass is 32.2. The highest BCUT2D eigenvalue weighted by Crippen LogP contribution is 2.49. The van der Waals surface area contributed by atoms with E-state index in [-0.39, 0.29) is 11.5 Å². The van der Waals surface area contributed by atoms with Crippen molar-refractivity contribution < 1.29 is 9.53 Å². The number of esters is 1. The van der Waals surface area contributed by atoms with Gasteiger partial charge in [-0.2, -0.15) is 0 Å². The quantitative estimate of drug-likeness (QED) is 0.327. The third-order valence-corrected chi connectivity index (χ3v) is 8.44. The number of benzene rings is 2. The number of fused-ring (bicyclic) bond motifs is 2. The van der Waals surface area contributed by atoms with Gasteiger partial charge in [-0.25, -0.2) is 4.79 Å². The van der Waals surface area contributed by atoms with Gasteiger partial charge in [0.2, 0.25) is 0 Å². The van der Waals surface area contributed by atoms with Crippen molar-refractivity contribution in [2.24, 2.45) is 0 Å². The molecule has 0 bridgehead atoms. The van der Waals surface area contributed by atoms with Crippen LogP contribution < -0.4 is 10.9 Å². The van der Waals surface area contributed by atoms with Gasteiger partial charge < -0.3 is 15.0 Å². The number of nitrogens with zero attached hydrogens (tertiary/aromatic N) is 2. The maximum Gasteiger partial charge on any atom is 0.329 e. The molecule has 7 heteroatoms. The van der Waals surface area contributed by atoms with Gasteiger partial charge in [-0.15, -0.1) is 11.8 Å². The van der Waals surface area contributed by atoms with Crippen molar-refractivity contribution >= 4 is 28.5 Å². The first-order valence-corrected chi connectivity index (χ1v) is 13.8. The Kier molecular flexibility index (Phi) is 7.51. The van der Waals surface area contributed by atoms with Crippen LogP contribution in [-0.2, 0) is 22.5 Å². The molecule has 1 aliphatic carbocycles. The van der Waals surface area contributed by atoms with Crippen molar-refractivity contribution in [3.63, 3.8) is 0 Å². The van der Waals surface area contributed by atoms with Crippen molar-refractivity contribution in [2.45, 2.75) is 49.2 Å². The van der Waals surface area contributed by atoms with Gasteiger partial charge in [0.15, 0.2) is 0 Å². The number of hydrogen-bond acceptors (Lipinski definition) is 6. The Hall–Kier alpha value is -2.61. The molecule has 1 aromatic heterocycles. The van der Waals surface area contributed by atoms with Crippen LogP contribution in [0.3, 0.4) is 0 Å². The van der Waals surface area contributed by atoms with E-state index >= 15 is 0 Å². The van der Waals surface area contributed by atoms with Crippen molar-refractivity contribution in [3.05, 3.63) is 75.1 Å². The molecule has 1 N–H and O–H groups in total. The van der Waals surface area contributed by atoms with Crippen molar-refractivity contribution in [1.29, 1.82) is 0 Å². The molecule has 6 nitrogen and oxygen atoms in total. The average Bonchev–Trinajstić information content (AvgIpc) is 3.62. The minimum absolute atomic E-state index is 0.0508. The molecule has 1 atom stereocenters. The van der Waals surface area contributed by atoms with Gasteiger partial charge in [0.25, 0.3) is 5.56 Å². The molecule has 0 amide bonds. The number of rotatable bonds is 10. The summed E-state index contributed by atoms with van der Waals surface area (Å²) in [5, 5.41) is 6.95. The largest absolute Gasteiger partial charge is 0.467 e. The van der Waals surface area contributed by atoms with Crippen LogP contribution in [0.4, 0.5) is 0 Å². The zero-order valence-electron chi connectivity index (χ0n) is 21.4. The molecule has 2 aromatic carbocycles. The lowest BCUT2D eigenvalue weighted by Crippen LogP contribution is -2.35. The summed E-state index contributed by atoms with van der Waals surface area (Å²) in [6.07, 6.45) is 3.99. The van der Waals surface area contributed by atoms with Crippen LogP contribution in [0.15, 0.2) is 52.3 Å². The number of carbonyl (C=O) groups excluding carboxylic acids is 1. The maximum atomic E-state index is 14.0. The Bertz CT molecular complexity index is 1320. The van der Waals surface area contributed by atoms with Crippen molar-refractivity contribution in [2.75, 3.05) is 40.0 Å². The molecule has 3 aromatic rings. The first kappa shape index (κ1) is 25.1. The van der Waals surface area contributed by atoms with E-state index in [1.807, 2.05) is 0 Å². The second-order valence-electron chi connectivity index (χ2n) is 10.1. The molecule has 1 fully saturated rings. The molecule has 0 spiro atoms. The first-order valence-electron chi connectivity index (χ1n) is 12.8. The van der Waals surface area contributed by atoms with Crippen LogP contribution >= 0.6 is 11.8 Å². The molecular weight excluding hydrogens is 470 g/mol. The highest BCUT2D eigenvalue weighted by molar-refractivity contribution is 7.99. The Morgan fingerprint density at radius 2 is 1.92 bits per heavy atom. The Labute approximate surface area is 217 Å². The molecule has 190 valence electrons. The van der Waals surface area contributed by atoms with Crippen LogP contribution in [0.1, 0.15) is 53.5 Å². The standard InChI is InChI=1S/C29H35N3O3S/c1-31(2)15-7-14-30-17-24-23(16-21-10-6-9-19-8-4-5-11-22(19)21)26(20-12-13-20)28-32(27(24)33)25(18-36-28)29(34)35-3/h4-6,8-11,20,25,30H,7,12-18H2,1-3H3/t25-/m0/s1. The summed E-state index contributed by atoms with van der Waals surface area (Å²) in [4.78, 5) is 28.8. The van der Waals surface area contributed by atoms with Crippen molar-refractivity contribution in [1.82, 2.24) is 14.8 Å². The van der Waals surface area contributed by atoms with E-state index in [1.165, 1.54) is 29.0 Å². The molecular formula is C29H35N3O3S. The smallest absolute Gasteiger partial charge is 0.329 e. The van der Waals surface area contributed by atoms with E-state index in [9.17, 15) is 9.59 Å². The van der Waals surface area contributed by atoms with E-state index in [0.29, 0.717) is 24.6 Å². The fraction of sp³-hybridized carbons (Fsp3) is 0.448. The summed E-state index contributed by atoms with van der Waals surface area (Å²) in [5.41, 5.74) is 4.42. The van der Waals surface area contributed by atoms with E-state index in [1.54, 1.807) is 16.3 Å². The molecule has 2 aliphatic rings. The lowest BCUT2D eigenvalue weighted by molar-refractivity contribution is -0.143. The lowest BCUT2D eigenvalue weighted by Gasteiger charge is -2.22. The normalized spacial score (nSPS) is 17.1. The van der Waals surface area contributed by atoms with Gasteiger partial charge in [0.05, 0.1) is 12.1 Å².